The normalized spacial score (nSPS) is 10.5. The number of rotatable bonds is 4. The van der Waals surface area contributed by atoms with E-state index in [1.807, 2.05) is 0 Å². The zero-order valence-electron chi connectivity index (χ0n) is 12.8. The highest BCUT2D eigenvalue weighted by atomic mass is 35.5. The van der Waals surface area contributed by atoms with Crippen LogP contribution in [0.5, 0.6) is 5.75 Å². The number of anilines is 1. The predicted octanol–water partition coefficient (Wildman–Crippen LogP) is 4.47. The van der Waals surface area contributed by atoms with Crippen molar-refractivity contribution in [3.63, 3.8) is 0 Å². The summed E-state index contributed by atoms with van der Waals surface area (Å²) in [5, 5.41) is 3.06. The SMILES string of the molecule is Cc1ccc(NC(=O)COc2c(Cl)c(C)nc(C)c2Cl)cc1F. The highest BCUT2D eigenvalue weighted by Gasteiger charge is 2.16. The van der Waals surface area contributed by atoms with Crippen LogP contribution in [0.15, 0.2) is 18.2 Å². The Bertz CT molecular complexity index is 740. The van der Waals surface area contributed by atoms with Crippen molar-refractivity contribution < 1.29 is 13.9 Å². The molecule has 0 aliphatic rings. The van der Waals surface area contributed by atoms with Gasteiger partial charge in [0, 0.05) is 5.69 Å². The summed E-state index contributed by atoms with van der Waals surface area (Å²) in [6.45, 7) is 4.77. The Labute approximate surface area is 143 Å². The molecule has 2 rings (SSSR count). The summed E-state index contributed by atoms with van der Waals surface area (Å²) >= 11 is 12.2. The van der Waals surface area contributed by atoms with Crippen molar-refractivity contribution >= 4 is 34.8 Å². The quantitative estimate of drug-likeness (QED) is 0.878. The molecule has 7 heteroatoms. The van der Waals surface area contributed by atoms with Crippen molar-refractivity contribution in [1.82, 2.24) is 4.98 Å². The maximum Gasteiger partial charge on any atom is 0.262 e. The lowest BCUT2D eigenvalue weighted by molar-refractivity contribution is -0.118. The third kappa shape index (κ3) is 4.12. The maximum absolute atomic E-state index is 13.5. The second-order valence-electron chi connectivity index (χ2n) is 5.04. The molecule has 0 saturated heterocycles. The molecular weight excluding hydrogens is 342 g/mol. The molecule has 0 spiro atoms. The first kappa shape index (κ1) is 17.5. The number of hydrogen-bond donors (Lipinski definition) is 1. The highest BCUT2D eigenvalue weighted by Crippen LogP contribution is 2.36. The molecule has 0 aliphatic carbocycles. The van der Waals surface area contributed by atoms with E-state index in [0.29, 0.717) is 22.6 Å². The van der Waals surface area contributed by atoms with Crippen molar-refractivity contribution in [2.24, 2.45) is 0 Å². The van der Waals surface area contributed by atoms with Crippen LogP contribution in [-0.4, -0.2) is 17.5 Å². The molecule has 122 valence electrons. The van der Waals surface area contributed by atoms with Gasteiger partial charge in [-0.3, -0.25) is 9.78 Å². The number of benzene rings is 1. The Balaban J connectivity index is 2.06. The molecule has 0 unspecified atom stereocenters. The van der Waals surface area contributed by atoms with Crippen LogP contribution in [0.3, 0.4) is 0 Å². The standard InChI is InChI=1S/C16H15Cl2FN2O2/c1-8-4-5-11(6-12(8)19)21-13(22)7-23-16-14(17)9(2)20-10(3)15(16)18/h4-6H,7H2,1-3H3,(H,21,22). The average molecular weight is 357 g/mol. The fourth-order valence-electron chi connectivity index (χ4n) is 1.91. The van der Waals surface area contributed by atoms with Gasteiger partial charge in [0.05, 0.1) is 11.4 Å². The van der Waals surface area contributed by atoms with E-state index in [1.54, 1.807) is 32.9 Å². The number of hydrogen-bond acceptors (Lipinski definition) is 3. The van der Waals surface area contributed by atoms with Gasteiger partial charge in [-0.15, -0.1) is 0 Å². The smallest absolute Gasteiger partial charge is 0.262 e. The molecular formula is C16H15Cl2FN2O2. The number of aryl methyl sites for hydroxylation is 3. The second kappa shape index (κ2) is 7.15. The largest absolute Gasteiger partial charge is 0.480 e. The lowest BCUT2D eigenvalue weighted by Gasteiger charge is -2.13. The lowest BCUT2D eigenvalue weighted by atomic mass is 10.2. The number of pyridine rings is 1. The van der Waals surface area contributed by atoms with Gasteiger partial charge in [0.15, 0.2) is 12.4 Å². The van der Waals surface area contributed by atoms with E-state index >= 15 is 0 Å². The summed E-state index contributed by atoms with van der Waals surface area (Å²) in [4.78, 5) is 16.1. The first-order chi connectivity index (χ1) is 10.8. The van der Waals surface area contributed by atoms with E-state index in [2.05, 4.69) is 10.3 Å². The number of carbonyl (C=O) groups excluding carboxylic acids is 1. The summed E-state index contributed by atoms with van der Waals surface area (Å²) in [5.74, 6) is -0.633. The minimum absolute atomic E-state index is 0.212. The van der Waals surface area contributed by atoms with E-state index in [9.17, 15) is 9.18 Å². The maximum atomic E-state index is 13.5. The molecule has 1 aromatic carbocycles. The lowest BCUT2D eigenvalue weighted by Crippen LogP contribution is -2.20. The number of amides is 1. The highest BCUT2D eigenvalue weighted by molar-refractivity contribution is 6.37. The van der Waals surface area contributed by atoms with Crippen LogP contribution in [0.1, 0.15) is 17.0 Å². The number of carbonyl (C=O) groups is 1. The Hall–Kier alpha value is -1.85. The second-order valence-corrected chi connectivity index (χ2v) is 5.80. The van der Waals surface area contributed by atoms with Crippen molar-refractivity contribution in [3.05, 3.63) is 51.0 Å². The molecule has 4 nitrogen and oxygen atoms in total. The minimum atomic E-state index is -0.451. The third-order valence-electron chi connectivity index (χ3n) is 3.17. The van der Waals surface area contributed by atoms with Gasteiger partial charge in [-0.1, -0.05) is 29.3 Å². The van der Waals surface area contributed by atoms with Crippen LogP contribution in [0.2, 0.25) is 10.0 Å². The topological polar surface area (TPSA) is 51.2 Å². The fraction of sp³-hybridized carbons (Fsp3) is 0.250. The van der Waals surface area contributed by atoms with Gasteiger partial charge in [-0.05, 0) is 38.5 Å². The Morgan fingerprint density at radius 2 is 1.83 bits per heavy atom. The van der Waals surface area contributed by atoms with E-state index in [1.165, 1.54) is 6.07 Å². The van der Waals surface area contributed by atoms with E-state index in [0.717, 1.165) is 0 Å². The predicted molar refractivity (Wildman–Crippen MR) is 89.0 cm³/mol. The van der Waals surface area contributed by atoms with Gasteiger partial charge in [0.25, 0.3) is 5.91 Å². The zero-order chi connectivity index (χ0) is 17.1. The zero-order valence-corrected chi connectivity index (χ0v) is 14.3. The third-order valence-corrected chi connectivity index (χ3v) is 4.06. The number of aromatic nitrogens is 1. The molecule has 1 heterocycles. The molecule has 2 aromatic rings. The van der Waals surface area contributed by atoms with Gasteiger partial charge in [0.2, 0.25) is 0 Å². The minimum Gasteiger partial charge on any atom is -0.480 e. The molecule has 0 aliphatic heterocycles. The molecule has 1 N–H and O–H groups in total. The first-order valence-corrected chi connectivity index (χ1v) is 7.56. The Kier molecular flexibility index (Phi) is 5.44. The van der Waals surface area contributed by atoms with Crippen molar-refractivity contribution in [2.75, 3.05) is 11.9 Å². The van der Waals surface area contributed by atoms with E-state index < -0.39 is 11.7 Å². The van der Waals surface area contributed by atoms with Crippen LogP contribution in [-0.2, 0) is 4.79 Å². The van der Waals surface area contributed by atoms with Crippen molar-refractivity contribution in [3.8, 4) is 5.75 Å². The molecule has 0 bridgehead atoms. The van der Waals surface area contributed by atoms with Crippen LogP contribution in [0.25, 0.3) is 0 Å². The number of halogens is 3. The average Bonchev–Trinajstić information content (AvgIpc) is 2.49. The van der Waals surface area contributed by atoms with Crippen LogP contribution < -0.4 is 10.1 Å². The monoisotopic (exact) mass is 356 g/mol. The summed E-state index contributed by atoms with van der Waals surface area (Å²) in [6, 6.07) is 4.43. The van der Waals surface area contributed by atoms with Crippen molar-refractivity contribution in [1.29, 1.82) is 0 Å². The summed E-state index contributed by atoms with van der Waals surface area (Å²) < 4.78 is 18.9. The molecule has 1 aromatic heterocycles. The van der Waals surface area contributed by atoms with Gasteiger partial charge < -0.3 is 10.1 Å². The van der Waals surface area contributed by atoms with Gasteiger partial charge >= 0.3 is 0 Å². The fourth-order valence-corrected chi connectivity index (χ4v) is 2.34. The van der Waals surface area contributed by atoms with Gasteiger partial charge in [-0.2, -0.15) is 0 Å². The molecule has 0 saturated carbocycles. The Morgan fingerprint density at radius 3 is 2.39 bits per heavy atom. The van der Waals surface area contributed by atoms with Crippen LogP contribution >= 0.6 is 23.2 Å². The van der Waals surface area contributed by atoms with Gasteiger partial charge in [0.1, 0.15) is 15.9 Å². The van der Waals surface area contributed by atoms with E-state index in [-0.39, 0.29) is 22.4 Å². The summed E-state index contributed by atoms with van der Waals surface area (Å²) in [5.41, 5.74) is 1.97. The molecule has 1 amide bonds. The van der Waals surface area contributed by atoms with Crippen LogP contribution in [0, 0.1) is 26.6 Å². The van der Waals surface area contributed by atoms with Crippen LogP contribution in [0.4, 0.5) is 10.1 Å². The summed E-state index contributed by atoms with van der Waals surface area (Å²) in [6.07, 6.45) is 0. The summed E-state index contributed by atoms with van der Waals surface area (Å²) in [7, 11) is 0. The van der Waals surface area contributed by atoms with Gasteiger partial charge in [-0.25, -0.2) is 4.39 Å². The van der Waals surface area contributed by atoms with Crippen molar-refractivity contribution in [2.45, 2.75) is 20.8 Å². The van der Waals surface area contributed by atoms with E-state index in [4.69, 9.17) is 27.9 Å². The number of ether oxygens (including phenoxy) is 1. The number of nitrogens with one attached hydrogen (secondary N) is 1. The Morgan fingerprint density at radius 1 is 1.22 bits per heavy atom. The number of nitrogens with zero attached hydrogens (tertiary/aromatic N) is 1. The molecule has 0 atom stereocenters. The molecule has 0 radical (unpaired) electrons. The molecule has 0 fully saturated rings. The molecule has 23 heavy (non-hydrogen) atoms. The first-order valence-electron chi connectivity index (χ1n) is 6.80.